The molecular formula is C17H23NO2. The number of amides is 1. The molecule has 1 unspecified atom stereocenters. The molecule has 1 amide bonds. The Morgan fingerprint density at radius 3 is 2.55 bits per heavy atom. The van der Waals surface area contributed by atoms with Crippen molar-refractivity contribution in [3.05, 3.63) is 29.8 Å². The van der Waals surface area contributed by atoms with Gasteiger partial charge >= 0.3 is 0 Å². The van der Waals surface area contributed by atoms with Crippen LogP contribution in [0.2, 0.25) is 0 Å². The van der Waals surface area contributed by atoms with Crippen molar-refractivity contribution in [1.29, 1.82) is 0 Å². The Kier molecular flexibility index (Phi) is 3.95. The van der Waals surface area contributed by atoms with E-state index in [1.165, 1.54) is 32.1 Å². The molecule has 3 rings (SSSR count). The zero-order chi connectivity index (χ0) is 13.9. The van der Waals surface area contributed by atoms with Crippen LogP contribution in [0.3, 0.4) is 0 Å². The first-order valence-corrected chi connectivity index (χ1v) is 7.81. The lowest BCUT2D eigenvalue weighted by Gasteiger charge is -2.37. The lowest BCUT2D eigenvalue weighted by Crippen LogP contribution is -2.42. The molecule has 1 N–H and O–H groups in total. The van der Waals surface area contributed by atoms with Crippen molar-refractivity contribution in [1.82, 2.24) is 4.90 Å². The summed E-state index contributed by atoms with van der Waals surface area (Å²) in [4.78, 5) is 14.6. The standard InChI is InChI=1S/C17H23NO2/c19-15-9-6-13(7-10-15)8-11-17(20)18-12-2-5-16(18)14-3-1-4-14/h6-7,9-10,14,16,19H,1-5,8,11-12H2. The average Bonchev–Trinajstić information content (AvgIpc) is 2.85. The highest BCUT2D eigenvalue weighted by molar-refractivity contribution is 5.77. The van der Waals surface area contributed by atoms with Crippen molar-refractivity contribution in [2.45, 2.75) is 51.0 Å². The number of phenolic OH excluding ortho intramolecular Hbond substituents is 1. The van der Waals surface area contributed by atoms with E-state index >= 15 is 0 Å². The van der Waals surface area contributed by atoms with E-state index in [4.69, 9.17) is 0 Å². The fraction of sp³-hybridized carbons (Fsp3) is 0.588. The quantitative estimate of drug-likeness (QED) is 0.915. The fourth-order valence-corrected chi connectivity index (χ4v) is 3.47. The molecule has 3 nitrogen and oxygen atoms in total. The predicted octanol–water partition coefficient (Wildman–Crippen LogP) is 3.12. The van der Waals surface area contributed by atoms with E-state index in [2.05, 4.69) is 4.90 Å². The van der Waals surface area contributed by atoms with Crippen LogP contribution in [-0.4, -0.2) is 28.5 Å². The number of hydrogen-bond acceptors (Lipinski definition) is 2. The van der Waals surface area contributed by atoms with Gasteiger partial charge in [0.25, 0.3) is 0 Å². The molecule has 1 aliphatic heterocycles. The van der Waals surface area contributed by atoms with Crippen LogP contribution < -0.4 is 0 Å². The monoisotopic (exact) mass is 273 g/mol. The van der Waals surface area contributed by atoms with Gasteiger partial charge in [-0.05, 0) is 55.7 Å². The zero-order valence-corrected chi connectivity index (χ0v) is 11.9. The zero-order valence-electron chi connectivity index (χ0n) is 11.9. The van der Waals surface area contributed by atoms with E-state index in [1.807, 2.05) is 12.1 Å². The maximum absolute atomic E-state index is 12.4. The first-order chi connectivity index (χ1) is 9.74. The molecule has 2 fully saturated rings. The lowest BCUT2D eigenvalue weighted by atomic mass is 9.79. The summed E-state index contributed by atoms with van der Waals surface area (Å²) in [6, 6.07) is 7.70. The highest BCUT2D eigenvalue weighted by Crippen LogP contribution is 2.37. The molecule has 1 saturated heterocycles. The van der Waals surface area contributed by atoms with Crippen molar-refractivity contribution in [2.24, 2.45) is 5.92 Å². The topological polar surface area (TPSA) is 40.5 Å². The third kappa shape index (κ3) is 2.82. The fourth-order valence-electron chi connectivity index (χ4n) is 3.47. The van der Waals surface area contributed by atoms with Gasteiger partial charge in [-0.15, -0.1) is 0 Å². The molecule has 0 aromatic heterocycles. The number of aromatic hydroxyl groups is 1. The van der Waals surface area contributed by atoms with Gasteiger partial charge < -0.3 is 10.0 Å². The van der Waals surface area contributed by atoms with E-state index in [1.54, 1.807) is 12.1 Å². The number of benzene rings is 1. The van der Waals surface area contributed by atoms with E-state index < -0.39 is 0 Å². The van der Waals surface area contributed by atoms with Gasteiger partial charge in [-0.3, -0.25) is 4.79 Å². The van der Waals surface area contributed by atoms with Crippen molar-refractivity contribution in [2.75, 3.05) is 6.54 Å². The molecule has 108 valence electrons. The van der Waals surface area contributed by atoms with Gasteiger partial charge in [-0.2, -0.15) is 0 Å². The van der Waals surface area contributed by atoms with Crippen molar-refractivity contribution >= 4 is 5.91 Å². The van der Waals surface area contributed by atoms with E-state index in [-0.39, 0.29) is 5.75 Å². The summed E-state index contributed by atoms with van der Waals surface area (Å²) in [5.74, 6) is 1.37. The number of phenols is 1. The molecule has 1 aromatic carbocycles. The Hall–Kier alpha value is -1.51. The Labute approximate surface area is 120 Å². The maximum Gasteiger partial charge on any atom is 0.223 e. The largest absolute Gasteiger partial charge is 0.508 e. The van der Waals surface area contributed by atoms with Gasteiger partial charge in [0.2, 0.25) is 5.91 Å². The molecule has 1 aliphatic carbocycles. The molecule has 0 spiro atoms. The van der Waals surface area contributed by atoms with E-state index in [9.17, 15) is 9.90 Å². The second-order valence-corrected chi connectivity index (χ2v) is 6.15. The molecule has 1 saturated carbocycles. The van der Waals surface area contributed by atoms with Crippen molar-refractivity contribution < 1.29 is 9.90 Å². The highest BCUT2D eigenvalue weighted by Gasteiger charge is 2.36. The Morgan fingerprint density at radius 2 is 1.90 bits per heavy atom. The van der Waals surface area contributed by atoms with Crippen LogP contribution in [0, 0.1) is 5.92 Å². The van der Waals surface area contributed by atoms with Gasteiger partial charge in [0.1, 0.15) is 5.75 Å². The Morgan fingerprint density at radius 1 is 1.15 bits per heavy atom. The number of carbonyl (C=O) groups is 1. The normalized spacial score (nSPS) is 22.8. The van der Waals surface area contributed by atoms with Crippen LogP contribution in [0.5, 0.6) is 5.75 Å². The lowest BCUT2D eigenvalue weighted by molar-refractivity contribution is -0.133. The summed E-state index contributed by atoms with van der Waals surface area (Å²) in [7, 11) is 0. The van der Waals surface area contributed by atoms with Crippen LogP contribution in [0.15, 0.2) is 24.3 Å². The van der Waals surface area contributed by atoms with Crippen molar-refractivity contribution in [3.63, 3.8) is 0 Å². The highest BCUT2D eigenvalue weighted by atomic mass is 16.3. The van der Waals surface area contributed by atoms with Crippen LogP contribution in [0.4, 0.5) is 0 Å². The van der Waals surface area contributed by atoms with Gasteiger partial charge in [0.05, 0.1) is 0 Å². The molecule has 1 atom stereocenters. The van der Waals surface area contributed by atoms with Crippen LogP contribution in [-0.2, 0) is 11.2 Å². The number of carbonyl (C=O) groups excluding carboxylic acids is 1. The molecule has 20 heavy (non-hydrogen) atoms. The van der Waals surface area contributed by atoms with Gasteiger partial charge in [0, 0.05) is 19.0 Å². The molecule has 1 aromatic rings. The number of likely N-dealkylation sites (tertiary alicyclic amines) is 1. The van der Waals surface area contributed by atoms with Crippen LogP contribution >= 0.6 is 0 Å². The summed E-state index contributed by atoms with van der Waals surface area (Å²) >= 11 is 0. The smallest absolute Gasteiger partial charge is 0.223 e. The summed E-state index contributed by atoms with van der Waals surface area (Å²) < 4.78 is 0. The average molecular weight is 273 g/mol. The van der Waals surface area contributed by atoms with Gasteiger partial charge in [-0.25, -0.2) is 0 Å². The van der Waals surface area contributed by atoms with Gasteiger partial charge in [-0.1, -0.05) is 18.6 Å². The Balaban J connectivity index is 1.54. The molecular weight excluding hydrogens is 250 g/mol. The number of rotatable bonds is 4. The number of nitrogens with zero attached hydrogens (tertiary/aromatic N) is 1. The minimum Gasteiger partial charge on any atom is -0.508 e. The van der Waals surface area contributed by atoms with Crippen molar-refractivity contribution in [3.8, 4) is 5.75 Å². The molecule has 0 radical (unpaired) electrons. The minimum absolute atomic E-state index is 0.282. The molecule has 2 aliphatic rings. The van der Waals surface area contributed by atoms with Crippen LogP contribution in [0.1, 0.15) is 44.1 Å². The molecule has 0 bridgehead atoms. The van der Waals surface area contributed by atoms with E-state index in [0.717, 1.165) is 24.4 Å². The summed E-state index contributed by atoms with van der Waals surface area (Å²) in [6.45, 7) is 0.954. The number of aryl methyl sites for hydroxylation is 1. The second kappa shape index (κ2) is 5.86. The Bertz CT molecular complexity index is 464. The summed E-state index contributed by atoms with van der Waals surface area (Å²) in [6.07, 6.45) is 7.71. The SMILES string of the molecule is O=C(CCc1ccc(O)cc1)N1CCCC1C1CCC1. The first-order valence-electron chi connectivity index (χ1n) is 7.81. The predicted molar refractivity (Wildman–Crippen MR) is 78.5 cm³/mol. The third-order valence-corrected chi connectivity index (χ3v) is 4.88. The first kappa shape index (κ1) is 13.5. The van der Waals surface area contributed by atoms with Gasteiger partial charge in [0.15, 0.2) is 0 Å². The molecule has 3 heteroatoms. The van der Waals surface area contributed by atoms with Crippen LogP contribution in [0.25, 0.3) is 0 Å². The maximum atomic E-state index is 12.4. The molecule has 1 heterocycles. The number of hydrogen-bond donors (Lipinski definition) is 1. The summed E-state index contributed by atoms with van der Waals surface area (Å²) in [5.41, 5.74) is 1.12. The third-order valence-electron chi connectivity index (χ3n) is 4.88. The minimum atomic E-state index is 0.282. The summed E-state index contributed by atoms with van der Waals surface area (Å²) in [5, 5.41) is 9.26. The second-order valence-electron chi connectivity index (χ2n) is 6.15. The van der Waals surface area contributed by atoms with E-state index in [0.29, 0.717) is 18.4 Å².